The minimum Gasteiger partial charge on any atom is -0.492 e. The number of benzene rings is 2. The van der Waals surface area contributed by atoms with Crippen LogP contribution in [0, 0.1) is 0 Å². The van der Waals surface area contributed by atoms with E-state index in [0.717, 1.165) is 0 Å². The van der Waals surface area contributed by atoms with Crippen molar-refractivity contribution in [2.75, 3.05) is 18.5 Å². The molecule has 2 N–H and O–H groups in total. The van der Waals surface area contributed by atoms with Gasteiger partial charge in [-0.05, 0) is 30.3 Å². The van der Waals surface area contributed by atoms with Gasteiger partial charge in [-0.1, -0.05) is 29.8 Å². The Morgan fingerprint density at radius 3 is 2.62 bits per heavy atom. The number of aromatic nitrogens is 2. The van der Waals surface area contributed by atoms with Crippen LogP contribution in [0.1, 0.15) is 10.4 Å². The van der Waals surface area contributed by atoms with Crippen molar-refractivity contribution in [2.45, 2.75) is 4.90 Å². The molecular formula is C19H19ClN4O4S. The molecule has 0 aliphatic carbocycles. The molecule has 3 rings (SSSR count). The first-order chi connectivity index (χ1) is 13.8. The molecule has 1 heterocycles. The van der Waals surface area contributed by atoms with Gasteiger partial charge in [0.05, 0.1) is 15.5 Å². The van der Waals surface area contributed by atoms with Gasteiger partial charge in [-0.3, -0.25) is 9.48 Å². The Bertz CT molecular complexity index is 1100. The van der Waals surface area contributed by atoms with Crippen LogP contribution >= 0.6 is 11.6 Å². The van der Waals surface area contributed by atoms with Crippen LogP contribution in [0.2, 0.25) is 5.02 Å². The van der Waals surface area contributed by atoms with Gasteiger partial charge in [-0.15, -0.1) is 0 Å². The number of nitrogens with zero attached hydrogens (tertiary/aromatic N) is 2. The number of aryl methyl sites for hydroxylation is 1. The molecule has 0 atom stereocenters. The van der Waals surface area contributed by atoms with Crippen LogP contribution in [-0.4, -0.2) is 37.3 Å². The summed E-state index contributed by atoms with van der Waals surface area (Å²) in [6.45, 7) is 0.221. The molecule has 0 saturated carbocycles. The van der Waals surface area contributed by atoms with Crippen LogP contribution in [0.4, 0.5) is 5.82 Å². The lowest BCUT2D eigenvalue weighted by molar-refractivity contribution is 0.102. The van der Waals surface area contributed by atoms with Gasteiger partial charge in [0.25, 0.3) is 5.91 Å². The van der Waals surface area contributed by atoms with Gasteiger partial charge in [-0.2, -0.15) is 5.10 Å². The van der Waals surface area contributed by atoms with E-state index in [0.29, 0.717) is 11.6 Å². The lowest BCUT2D eigenvalue weighted by Crippen LogP contribution is -2.28. The van der Waals surface area contributed by atoms with Crippen molar-refractivity contribution in [1.29, 1.82) is 0 Å². The van der Waals surface area contributed by atoms with Crippen LogP contribution in [0.25, 0.3) is 0 Å². The molecule has 0 saturated heterocycles. The average Bonchev–Trinajstić information content (AvgIpc) is 3.11. The number of amides is 1. The normalized spacial score (nSPS) is 11.2. The predicted molar refractivity (Wildman–Crippen MR) is 110 cm³/mol. The zero-order valence-corrected chi connectivity index (χ0v) is 17.1. The molecule has 10 heteroatoms. The number of ether oxygens (including phenoxy) is 1. The van der Waals surface area contributed by atoms with Crippen molar-refractivity contribution in [3.05, 3.63) is 71.4 Å². The average molecular weight is 435 g/mol. The second-order valence-electron chi connectivity index (χ2n) is 6.03. The highest BCUT2D eigenvalue weighted by atomic mass is 35.5. The summed E-state index contributed by atoms with van der Waals surface area (Å²) in [6, 6.07) is 14.6. The number of sulfonamides is 1. The summed E-state index contributed by atoms with van der Waals surface area (Å²) in [6.07, 6.45) is 1.67. The van der Waals surface area contributed by atoms with Crippen molar-refractivity contribution < 1.29 is 17.9 Å². The molecule has 1 aromatic heterocycles. The second-order valence-corrected chi connectivity index (χ2v) is 8.20. The van der Waals surface area contributed by atoms with Crippen LogP contribution in [0.5, 0.6) is 5.75 Å². The molecule has 152 valence electrons. The molecule has 0 aliphatic rings. The summed E-state index contributed by atoms with van der Waals surface area (Å²) in [5.41, 5.74) is 0.0285. The number of hydrogen-bond donors (Lipinski definition) is 2. The van der Waals surface area contributed by atoms with E-state index in [-0.39, 0.29) is 28.6 Å². The van der Waals surface area contributed by atoms with Gasteiger partial charge in [0.1, 0.15) is 12.4 Å². The number of hydrogen-bond acceptors (Lipinski definition) is 5. The molecular weight excluding hydrogens is 416 g/mol. The van der Waals surface area contributed by atoms with E-state index in [1.807, 2.05) is 18.2 Å². The van der Waals surface area contributed by atoms with Gasteiger partial charge in [0, 0.05) is 25.9 Å². The van der Waals surface area contributed by atoms with Crippen LogP contribution < -0.4 is 14.8 Å². The number of anilines is 1. The zero-order valence-electron chi connectivity index (χ0n) is 15.5. The van der Waals surface area contributed by atoms with Gasteiger partial charge in [0.15, 0.2) is 5.82 Å². The Kier molecular flexibility index (Phi) is 6.53. The third-order valence-electron chi connectivity index (χ3n) is 3.85. The molecule has 3 aromatic rings. The van der Waals surface area contributed by atoms with Crippen molar-refractivity contribution in [3.63, 3.8) is 0 Å². The van der Waals surface area contributed by atoms with Crippen molar-refractivity contribution in [3.8, 4) is 5.75 Å². The van der Waals surface area contributed by atoms with E-state index in [2.05, 4.69) is 15.1 Å². The highest BCUT2D eigenvalue weighted by molar-refractivity contribution is 7.89. The molecule has 0 fully saturated rings. The minimum absolute atomic E-state index is 0.0285. The predicted octanol–water partition coefficient (Wildman–Crippen LogP) is 2.68. The Balaban J connectivity index is 1.66. The van der Waals surface area contributed by atoms with E-state index in [9.17, 15) is 13.2 Å². The van der Waals surface area contributed by atoms with Crippen LogP contribution in [0.15, 0.2) is 65.7 Å². The fraction of sp³-hybridized carbons (Fsp3) is 0.158. The number of rotatable bonds is 8. The molecule has 29 heavy (non-hydrogen) atoms. The third-order valence-corrected chi connectivity index (χ3v) is 5.64. The van der Waals surface area contributed by atoms with Crippen LogP contribution in [0.3, 0.4) is 0 Å². The standard InChI is InChI=1S/C19H19ClN4O4S/c1-24-11-9-18(23-24)22-19(25)16-13-15(7-8-17(16)20)29(26,27)21-10-12-28-14-5-3-2-4-6-14/h2-9,11,13,21H,10,12H2,1H3,(H,22,23,25). The summed E-state index contributed by atoms with van der Waals surface area (Å²) >= 11 is 6.09. The SMILES string of the molecule is Cn1ccc(NC(=O)c2cc(S(=O)(=O)NCCOc3ccccc3)ccc2Cl)n1. The lowest BCUT2D eigenvalue weighted by Gasteiger charge is -2.10. The first-order valence-electron chi connectivity index (χ1n) is 8.63. The number of para-hydroxylation sites is 1. The lowest BCUT2D eigenvalue weighted by atomic mass is 10.2. The molecule has 0 spiro atoms. The Labute approximate surface area is 173 Å². The second kappa shape index (κ2) is 9.08. The Morgan fingerprint density at radius 2 is 1.93 bits per heavy atom. The maximum Gasteiger partial charge on any atom is 0.258 e. The Morgan fingerprint density at radius 1 is 1.17 bits per heavy atom. The number of carbonyl (C=O) groups excluding carboxylic acids is 1. The minimum atomic E-state index is -3.84. The fourth-order valence-corrected chi connectivity index (χ4v) is 3.70. The fourth-order valence-electron chi connectivity index (χ4n) is 2.46. The zero-order chi connectivity index (χ0) is 20.9. The third kappa shape index (κ3) is 5.57. The van der Waals surface area contributed by atoms with Gasteiger partial charge in [0.2, 0.25) is 10.0 Å². The summed E-state index contributed by atoms with van der Waals surface area (Å²) in [5, 5.41) is 6.76. The first kappa shape index (κ1) is 20.8. The van der Waals surface area contributed by atoms with E-state index in [4.69, 9.17) is 16.3 Å². The number of halogens is 1. The number of carbonyl (C=O) groups is 1. The first-order valence-corrected chi connectivity index (χ1v) is 10.5. The summed E-state index contributed by atoms with van der Waals surface area (Å²) < 4.78 is 34.5. The summed E-state index contributed by atoms with van der Waals surface area (Å²) in [5.74, 6) is 0.419. The van der Waals surface area contributed by atoms with Gasteiger partial charge < -0.3 is 10.1 Å². The molecule has 8 nitrogen and oxygen atoms in total. The number of nitrogens with one attached hydrogen (secondary N) is 2. The Hall–Kier alpha value is -2.88. The molecule has 0 unspecified atom stereocenters. The smallest absolute Gasteiger partial charge is 0.258 e. The topological polar surface area (TPSA) is 102 Å². The van der Waals surface area contributed by atoms with E-state index >= 15 is 0 Å². The monoisotopic (exact) mass is 434 g/mol. The largest absolute Gasteiger partial charge is 0.492 e. The molecule has 2 aromatic carbocycles. The van der Waals surface area contributed by atoms with Crippen LogP contribution in [-0.2, 0) is 17.1 Å². The van der Waals surface area contributed by atoms with Crippen molar-refractivity contribution in [2.24, 2.45) is 7.05 Å². The van der Waals surface area contributed by atoms with E-state index in [1.165, 1.54) is 22.9 Å². The maximum absolute atomic E-state index is 12.5. The highest BCUT2D eigenvalue weighted by Gasteiger charge is 2.19. The van der Waals surface area contributed by atoms with Crippen molar-refractivity contribution >= 4 is 33.3 Å². The molecule has 0 aliphatic heterocycles. The van der Waals surface area contributed by atoms with Gasteiger partial charge in [-0.25, -0.2) is 13.1 Å². The summed E-state index contributed by atoms with van der Waals surface area (Å²) in [7, 11) is -2.13. The molecule has 1 amide bonds. The molecule has 0 bridgehead atoms. The van der Waals surface area contributed by atoms with E-state index in [1.54, 1.807) is 31.4 Å². The highest BCUT2D eigenvalue weighted by Crippen LogP contribution is 2.21. The molecule has 0 radical (unpaired) electrons. The van der Waals surface area contributed by atoms with E-state index < -0.39 is 15.9 Å². The quantitative estimate of drug-likeness (QED) is 0.530. The van der Waals surface area contributed by atoms with Crippen molar-refractivity contribution in [1.82, 2.24) is 14.5 Å². The summed E-state index contributed by atoms with van der Waals surface area (Å²) in [4.78, 5) is 12.4. The van der Waals surface area contributed by atoms with Gasteiger partial charge >= 0.3 is 0 Å². The maximum atomic E-state index is 12.5.